The quantitative estimate of drug-likeness (QED) is 0.546. The third kappa shape index (κ3) is 4.40. The Labute approximate surface area is 149 Å². The largest absolute Gasteiger partial charge is 0.396 e. The zero-order valence-corrected chi connectivity index (χ0v) is 15.3. The predicted octanol–water partition coefficient (Wildman–Crippen LogP) is 0.176. The molecule has 0 radical (unpaired) electrons. The molecule has 0 bridgehead atoms. The standard InChI is InChI=1S/C18H31N3O4/c1-3-17(23)13-10-14-15(20-16(13)11-25-2)5-8-21(18(14)24)12(4-7-19)6-9-22/h12,14-15,20,22H,3-11,19H2,1-2H3/t12?,14-,15-/m1/s1. The number of nitrogens with zero attached hydrogens (tertiary/aromatic N) is 1. The minimum absolute atomic E-state index is 0.0295. The van der Waals surface area contributed by atoms with Crippen molar-refractivity contribution in [2.45, 2.75) is 51.1 Å². The Kier molecular flexibility index (Phi) is 7.40. The summed E-state index contributed by atoms with van der Waals surface area (Å²) >= 11 is 0. The number of aliphatic hydroxyl groups is 1. The molecule has 1 saturated heterocycles. The lowest BCUT2D eigenvalue weighted by atomic mass is 9.80. The number of aliphatic hydroxyl groups excluding tert-OH is 1. The molecule has 0 aliphatic carbocycles. The van der Waals surface area contributed by atoms with Gasteiger partial charge in [0.25, 0.3) is 0 Å². The number of likely N-dealkylation sites (tertiary alicyclic amines) is 1. The van der Waals surface area contributed by atoms with Gasteiger partial charge in [-0.1, -0.05) is 6.92 Å². The number of carbonyl (C=O) groups is 2. The molecule has 0 spiro atoms. The molecular weight excluding hydrogens is 322 g/mol. The van der Waals surface area contributed by atoms with E-state index < -0.39 is 0 Å². The molecule has 2 rings (SSSR count). The lowest BCUT2D eigenvalue weighted by Gasteiger charge is -2.45. The fraction of sp³-hybridized carbons (Fsp3) is 0.778. The number of nitrogens with two attached hydrogens (primary N) is 1. The molecule has 0 aromatic carbocycles. The van der Waals surface area contributed by atoms with E-state index in [-0.39, 0.29) is 36.3 Å². The van der Waals surface area contributed by atoms with Gasteiger partial charge < -0.3 is 25.8 Å². The summed E-state index contributed by atoms with van der Waals surface area (Å²) in [6.45, 7) is 3.37. The van der Waals surface area contributed by atoms with E-state index in [9.17, 15) is 14.7 Å². The van der Waals surface area contributed by atoms with Crippen LogP contribution in [0.3, 0.4) is 0 Å². The van der Waals surface area contributed by atoms with E-state index >= 15 is 0 Å². The summed E-state index contributed by atoms with van der Waals surface area (Å²) in [7, 11) is 1.61. The number of piperidine rings is 1. The van der Waals surface area contributed by atoms with Gasteiger partial charge in [0.1, 0.15) is 0 Å². The molecule has 2 aliphatic rings. The number of fused-ring (bicyclic) bond motifs is 1. The molecule has 7 heteroatoms. The van der Waals surface area contributed by atoms with Crippen LogP contribution in [0.1, 0.15) is 39.0 Å². The van der Waals surface area contributed by atoms with Crippen molar-refractivity contribution in [2.24, 2.45) is 11.7 Å². The smallest absolute Gasteiger partial charge is 0.228 e. The van der Waals surface area contributed by atoms with E-state index in [0.717, 1.165) is 12.1 Å². The summed E-state index contributed by atoms with van der Waals surface area (Å²) in [5, 5.41) is 12.7. The van der Waals surface area contributed by atoms with Crippen LogP contribution in [-0.4, -0.2) is 67.2 Å². The van der Waals surface area contributed by atoms with E-state index in [4.69, 9.17) is 10.5 Å². The van der Waals surface area contributed by atoms with E-state index in [2.05, 4.69) is 5.32 Å². The van der Waals surface area contributed by atoms with Crippen LogP contribution in [-0.2, 0) is 14.3 Å². The lowest BCUT2D eigenvalue weighted by Crippen LogP contribution is -2.58. The average molecular weight is 353 g/mol. The highest BCUT2D eigenvalue weighted by molar-refractivity contribution is 5.97. The van der Waals surface area contributed by atoms with E-state index in [0.29, 0.717) is 51.0 Å². The molecule has 7 nitrogen and oxygen atoms in total. The van der Waals surface area contributed by atoms with E-state index in [1.165, 1.54) is 0 Å². The molecule has 0 aromatic heterocycles. The second-order valence-corrected chi connectivity index (χ2v) is 6.79. The van der Waals surface area contributed by atoms with Crippen LogP contribution in [0, 0.1) is 5.92 Å². The molecule has 2 aliphatic heterocycles. The number of nitrogens with one attached hydrogen (secondary N) is 1. The zero-order valence-electron chi connectivity index (χ0n) is 15.3. The fourth-order valence-electron chi connectivity index (χ4n) is 3.96. The third-order valence-corrected chi connectivity index (χ3v) is 5.26. The highest BCUT2D eigenvalue weighted by atomic mass is 16.5. The topological polar surface area (TPSA) is 105 Å². The molecule has 1 fully saturated rings. The number of methoxy groups -OCH3 is 1. The Morgan fingerprint density at radius 3 is 2.84 bits per heavy atom. The van der Waals surface area contributed by atoms with E-state index in [1.807, 2.05) is 11.8 Å². The Morgan fingerprint density at radius 1 is 1.48 bits per heavy atom. The molecular formula is C18H31N3O4. The van der Waals surface area contributed by atoms with Crippen LogP contribution in [0.2, 0.25) is 0 Å². The number of allylic oxidation sites excluding steroid dienone is 1. The van der Waals surface area contributed by atoms with Crippen LogP contribution in [0.25, 0.3) is 0 Å². The SMILES string of the molecule is CCC(=O)C1=C(COC)N[C@@H]2CCN(C(CCN)CCO)C(=O)[C@@H]2C1. The number of Topliss-reactive ketones (excluding diaryl/α,β-unsaturated/α-hetero) is 1. The Bertz CT molecular complexity index is 514. The van der Waals surface area contributed by atoms with Crippen LogP contribution in [0.4, 0.5) is 0 Å². The first-order valence-electron chi connectivity index (χ1n) is 9.19. The number of ketones is 1. The van der Waals surface area contributed by atoms with Gasteiger partial charge in [-0.15, -0.1) is 0 Å². The number of ether oxygens (including phenoxy) is 1. The molecule has 1 unspecified atom stereocenters. The highest BCUT2D eigenvalue weighted by Crippen LogP contribution is 2.33. The maximum absolute atomic E-state index is 13.1. The summed E-state index contributed by atoms with van der Waals surface area (Å²) in [6, 6.07) is 0.00749. The minimum atomic E-state index is -0.237. The average Bonchev–Trinajstić information content (AvgIpc) is 2.61. The first kappa shape index (κ1) is 19.9. The van der Waals surface area contributed by atoms with Crippen molar-refractivity contribution in [3.63, 3.8) is 0 Å². The van der Waals surface area contributed by atoms with Crippen molar-refractivity contribution in [1.29, 1.82) is 0 Å². The normalized spacial score (nSPS) is 24.8. The molecule has 25 heavy (non-hydrogen) atoms. The molecule has 142 valence electrons. The summed E-state index contributed by atoms with van der Waals surface area (Å²) in [6.07, 6.45) is 2.93. The number of amides is 1. The maximum Gasteiger partial charge on any atom is 0.228 e. The molecule has 0 saturated carbocycles. The molecule has 0 aromatic rings. The Morgan fingerprint density at radius 2 is 2.24 bits per heavy atom. The lowest BCUT2D eigenvalue weighted by molar-refractivity contribution is -0.143. The fourth-order valence-corrected chi connectivity index (χ4v) is 3.96. The van der Waals surface area contributed by atoms with Crippen molar-refractivity contribution in [1.82, 2.24) is 10.2 Å². The Hall–Kier alpha value is -1.44. The van der Waals surface area contributed by atoms with Crippen molar-refractivity contribution >= 4 is 11.7 Å². The number of hydrogen-bond donors (Lipinski definition) is 3. The Balaban J connectivity index is 2.21. The van der Waals surface area contributed by atoms with Gasteiger partial charge in [-0.3, -0.25) is 9.59 Å². The van der Waals surface area contributed by atoms with Gasteiger partial charge in [0, 0.05) is 50.0 Å². The number of hydrogen-bond acceptors (Lipinski definition) is 6. The monoisotopic (exact) mass is 353 g/mol. The van der Waals surface area contributed by atoms with Gasteiger partial charge in [0.2, 0.25) is 5.91 Å². The predicted molar refractivity (Wildman–Crippen MR) is 94.7 cm³/mol. The molecule has 4 N–H and O–H groups in total. The highest BCUT2D eigenvalue weighted by Gasteiger charge is 2.42. The zero-order chi connectivity index (χ0) is 18.4. The van der Waals surface area contributed by atoms with Gasteiger partial charge in [-0.25, -0.2) is 0 Å². The first-order valence-corrected chi connectivity index (χ1v) is 9.19. The molecule has 2 heterocycles. The van der Waals surface area contributed by atoms with Crippen molar-refractivity contribution in [3.05, 3.63) is 11.3 Å². The van der Waals surface area contributed by atoms with Gasteiger partial charge in [0.05, 0.1) is 12.5 Å². The molecule has 3 atom stereocenters. The first-order chi connectivity index (χ1) is 12.1. The van der Waals surface area contributed by atoms with Crippen LogP contribution in [0.15, 0.2) is 11.3 Å². The van der Waals surface area contributed by atoms with Crippen LogP contribution < -0.4 is 11.1 Å². The second-order valence-electron chi connectivity index (χ2n) is 6.79. The summed E-state index contributed by atoms with van der Waals surface area (Å²) in [5.41, 5.74) is 7.19. The van der Waals surface area contributed by atoms with Gasteiger partial charge in [-0.05, 0) is 32.2 Å². The van der Waals surface area contributed by atoms with Crippen molar-refractivity contribution in [2.75, 3.05) is 33.4 Å². The van der Waals surface area contributed by atoms with Crippen LogP contribution in [0.5, 0.6) is 0 Å². The summed E-state index contributed by atoms with van der Waals surface area (Å²) in [4.78, 5) is 27.3. The van der Waals surface area contributed by atoms with Gasteiger partial charge in [0.15, 0.2) is 5.78 Å². The third-order valence-electron chi connectivity index (χ3n) is 5.26. The maximum atomic E-state index is 13.1. The minimum Gasteiger partial charge on any atom is -0.396 e. The van der Waals surface area contributed by atoms with Crippen molar-refractivity contribution < 1.29 is 19.4 Å². The molecule has 1 amide bonds. The van der Waals surface area contributed by atoms with E-state index in [1.54, 1.807) is 7.11 Å². The van der Waals surface area contributed by atoms with Gasteiger partial charge in [-0.2, -0.15) is 0 Å². The second kappa shape index (κ2) is 9.31. The summed E-state index contributed by atoms with van der Waals surface area (Å²) < 4.78 is 5.23. The number of carbonyl (C=O) groups excluding carboxylic acids is 2. The summed E-state index contributed by atoms with van der Waals surface area (Å²) in [5.74, 6) is -0.107. The number of rotatable bonds is 9. The van der Waals surface area contributed by atoms with Crippen molar-refractivity contribution in [3.8, 4) is 0 Å². The van der Waals surface area contributed by atoms with Gasteiger partial charge >= 0.3 is 0 Å². The van der Waals surface area contributed by atoms with Crippen LogP contribution >= 0.6 is 0 Å².